The van der Waals surface area contributed by atoms with E-state index in [-0.39, 0.29) is 0 Å². The van der Waals surface area contributed by atoms with Gasteiger partial charge in [0.05, 0.1) is 25.3 Å². The van der Waals surface area contributed by atoms with E-state index in [4.69, 9.17) is 9.47 Å². The number of pyridine rings is 1. The maximum absolute atomic E-state index is 6.22. The van der Waals surface area contributed by atoms with Gasteiger partial charge in [-0.3, -0.25) is 14.8 Å². The Hall–Kier alpha value is -2.47. The van der Waals surface area contributed by atoms with Gasteiger partial charge in [0, 0.05) is 49.7 Å². The van der Waals surface area contributed by atoms with E-state index in [0.717, 1.165) is 63.7 Å². The second-order valence-corrected chi connectivity index (χ2v) is 9.61. The zero-order valence-electron chi connectivity index (χ0n) is 19.3. The number of aromatic nitrogens is 1. The van der Waals surface area contributed by atoms with Crippen LogP contribution in [-0.4, -0.2) is 67.3 Å². The summed E-state index contributed by atoms with van der Waals surface area (Å²) in [6.45, 7) is 7.94. The molecule has 0 bridgehead atoms. The Kier molecular flexibility index (Phi) is 6.02. The molecule has 0 aliphatic carbocycles. The number of benzene rings is 2. The Morgan fingerprint density at radius 3 is 2.88 bits per heavy atom. The molecule has 5 heteroatoms. The maximum Gasteiger partial charge on any atom is 0.119 e. The Morgan fingerprint density at radius 2 is 1.94 bits per heavy atom. The third-order valence-corrected chi connectivity index (χ3v) is 7.60. The van der Waals surface area contributed by atoms with E-state index >= 15 is 0 Å². The number of morpholine rings is 1. The Labute approximate surface area is 196 Å². The van der Waals surface area contributed by atoms with Crippen LogP contribution in [0.4, 0.5) is 0 Å². The molecule has 1 aromatic heterocycles. The molecule has 6 rings (SSSR count). The highest BCUT2D eigenvalue weighted by molar-refractivity contribution is 5.79. The Bertz CT molecular complexity index is 1110. The van der Waals surface area contributed by atoms with Crippen LogP contribution in [0.2, 0.25) is 0 Å². The van der Waals surface area contributed by atoms with Gasteiger partial charge < -0.3 is 9.47 Å². The fourth-order valence-corrected chi connectivity index (χ4v) is 5.87. The third kappa shape index (κ3) is 4.37. The molecule has 3 aliphatic rings. The van der Waals surface area contributed by atoms with Crippen molar-refractivity contribution in [1.82, 2.24) is 14.8 Å². The monoisotopic (exact) mass is 443 g/mol. The van der Waals surface area contributed by atoms with E-state index in [2.05, 4.69) is 57.2 Å². The largest absolute Gasteiger partial charge is 0.494 e. The summed E-state index contributed by atoms with van der Waals surface area (Å²) in [5.74, 6) is 1.40. The second-order valence-electron chi connectivity index (χ2n) is 9.61. The van der Waals surface area contributed by atoms with Gasteiger partial charge in [-0.1, -0.05) is 24.3 Å². The summed E-state index contributed by atoms with van der Waals surface area (Å²) in [5, 5.41) is 1.21. The van der Waals surface area contributed by atoms with Crippen molar-refractivity contribution >= 4 is 10.9 Å². The number of fused-ring (bicyclic) bond motifs is 4. The van der Waals surface area contributed by atoms with E-state index in [1.54, 1.807) is 0 Å². The zero-order chi connectivity index (χ0) is 22.0. The molecule has 2 fully saturated rings. The van der Waals surface area contributed by atoms with Crippen molar-refractivity contribution in [3.8, 4) is 5.75 Å². The molecular formula is C28H33N3O2. The van der Waals surface area contributed by atoms with Gasteiger partial charge in [-0.2, -0.15) is 0 Å². The van der Waals surface area contributed by atoms with E-state index in [0.29, 0.717) is 12.0 Å². The minimum Gasteiger partial charge on any atom is -0.494 e. The minimum absolute atomic E-state index is 0.385. The molecule has 0 spiro atoms. The van der Waals surface area contributed by atoms with Crippen molar-refractivity contribution < 1.29 is 9.47 Å². The van der Waals surface area contributed by atoms with E-state index < -0.39 is 0 Å². The zero-order valence-corrected chi connectivity index (χ0v) is 19.3. The number of nitrogens with zero attached hydrogens (tertiary/aromatic N) is 3. The number of rotatable bonds is 6. The van der Waals surface area contributed by atoms with Crippen molar-refractivity contribution in [3.63, 3.8) is 0 Å². The first-order valence-corrected chi connectivity index (χ1v) is 12.5. The second kappa shape index (κ2) is 9.41. The highest BCUT2D eigenvalue weighted by Gasteiger charge is 2.36. The molecule has 0 saturated carbocycles. The summed E-state index contributed by atoms with van der Waals surface area (Å²) in [4.78, 5) is 9.75. The van der Waals surface area contributed by atoms with Crippen LogP contribution in [0.1, 0.15) is 47.9 Å². The fourth-order valence-electron chi connectivity index (χ4n) is 5.87. The number of hydrogen-bond donors (Lipinski definition) is 0. The summed E-state index contributed by atoms with van der Waals surface area (Å²) < 4.78 is 11.7. The summed E-state index contributed by atoms with van der Waals surface area (Å²) in [7, 11) is 0. The smallest absolute Gasteiger partial charge is 0.119 e. The highest BCUT2D eigenvalue weighted by Crippen LogP contribution is 2.45. The molecule has 2 saturated heterocycles. The van der Waals surface area contributed by atoms with Crippen molar-refractivity contribution in [2.24, 2.45) is 0 Å². The number of ether oxygens (including phenoxy) is 2. The highest BCUT2D eigenvalue weighted by atomic mass is 16.5. The van der Waals surface area contributed by atoms with E-state index in [9.17, 15) is 0 Å². The van der Waals surface area contributed by atoms with Crippen molar-refractivity contribution in [1.29, 1.82) is 0 Å². The lowest BCUT2D eigenvalue weighted by molar-refractivity contribution is 0.0358. The van der Waals surface area contributed by atoms with Crippen molar-refractivity contribution in [3.05, 3.63) is 71.4 Å². The molecular weight excluding hydrogens is 410 g/mol. The van der Waals surface area contributed by atoms with Crippen LogP contribution in [0.15, 0.2) is 54.7 Å². The summed E-state index contributed by atoms with van der Waals surface area (Å²) in [6.07, 6.45) is 5.47. The molecule has 2 aromatic carbocycles. The van der Waals surface area contributed by atoms with Crippen molar-refractivity contribution in [2.45, 2.75) is 31.2 Å². The summed E-state index contributed by atoms with van der Waals surface area (Å²) >= 11 is 0. The Morgan fingerprint density at radius 1 is 1.00 bits per heavy atom. The molecule has 172 valence electrons. The van der Waals surface area contributed by atoms with Gasteiger partial charge in [0.1, 0.15) is 5.75 Å². The Balaban J connectivity index is 1.21. The molecule has 3 aromatic rings. The molecule has 5 nitrogen and oxygen atoms in total. The average Bonchev–Trinajstić information content (AvgIpc) is 3.35. The average molecular weight is 444 g/mol. The van der Waals surface area contributed by atoms with Crippen LogP contribution in [0.5, 0.6) is 5.75 Å². The van der Waals surface area contributed by atoms with Crippen molar-refractivity contribution in [2.75, 3.05) is 52.5 Å². The first-order valence-electron chi connectivity index (χ1n) is 12.5. The topological polar surface area (TPSA) is 37.8 Å². The molecule has 0 radical (unpaired) electrons. The molecule has 0 unspecified atom stereocenters. The molecule has 0 N–H and O–H groups in total. The molecule has 3 aliphatic heterocycles. The first-order chi connectivity index (χ1) is 16.3. The minimum atomic E-state index is 0.385. The lowest BCUT2D eigenvalue weighted by atomic mass is 9.81. The van der Waals surface area contributed by atoms with Crippen LogP contribution in [0.25, 0.3) is 10.9 Å². The molecule has 0 amide bonds. The predicted octanol–water partition coefficient (Wildman–Crippen LogP) is 4.62. The van der Waals surface area contributed by atoms with E-state index in [1.807, 2.05) is 12.3 Å². The summed E-state index contributed by atoms with van der Waals surface area (Å²) in [6, 6.07) is 18.3. The van der Waals surface area contributed by atoms with Gasteiger partial charge >= 0.3 is 0 Å². The SMILES string of the molecule is c1cnc2cc([C@H]3CN4CCC[C@H]4c4cc(OCCCN5CCOCC5)ccc43)ccc2c1. The van der Waals surface area contributed by atoms with Gasteiger partial charge in [-0.15, -0.1) is 0 Å². The summed E-state index contributed by atoms with van der Waals surface area (Å²) in [5.41, 5.74) is 5.39. The standard InChI is InChI=1S/C28H33N3O2/c1-4-21-6-7-22(18-27(21)29-10-1)26-20-31-12-2-5-28(31)25-19-23(8-9-24(25)26)33-15-3-11-30-13-16-32-17-14-30/h1,4,6-10,18-19,26,28H,2-3,5,11-17,20H2/t26-,28+/m1/s1. The van der Waals surface area contributed by atoms with Gasteiger partial charge in [-0.05, 0) is 66.8 Å². The fraction of sp³-hybridized carbons (Fsp3) is 0.464. The van der Waals surface area contributed by atoms with Crippen LogP contribution in [-0.2, 0) is 4.74 Å². The molecule has 33 heavy (non-hydrogen) atoms. The van der Waals surface area contributed by atoms with Crippen LogP contribution in [0, 0.1) is 0 Å². The lowest BCUT2D eigenvalue weighted by Gasteiger charge is -2.37. The quantitative estimate of drug-likeness (QED) is 0.520. The first kappa shape index (κ1) is 21.1. The normalized spacial score (nSPS) is 23.4. The van der Waals surface area contributed by atoms with E-state index in [1.165, 1.54) is 41.5 Å². The maximum atomic E-state index is 6.22. The van der Waals surface area contributed by atoms with Crippen LogP contribution >= 0.6 is 0 Å². The van der Waals surface area contributed by atoms with Crippen LogP contribution in [0.3, 0.4) is 0 Å². The van der Waals surface area contributed by atoms with Gasteiger partial charge in [0.15, 0.2) is 0 Å². The lowest BCUT2D eigenvalue weighted by Crippen LogP contribution is -2.37. The van der Waals surface area contributed by atoms with Gasteiger partial charge in [0.25, 0.3) is 0 Å². The molecule has 2 atom stereocenters. The van der Waals surface area contributed by atoms with Gasteiger partial charge in [-0.25, -0.2) is 0 Å². The number of hydrogen-bond acceptors (Lipinski definition) is 5. The third-order valence-electron chi connectivity index (χ3n) is 7.60. The van der Waals surface area contributed by atoms with Crippen LogP contribution < -0.4 is 4.74 Å². The molecule has 4 heterocycles. The van der Waals surface area contributed by atoms with Gasteiger partial charge in [0.2, 0.25) is 0 Å². The predicted molar refractivity (Wildman–Crippen MR) is 131 cm³/mol.